The van der Waals surface area contributed by atoms with E-state index in [1.165, 1.54) is 36.4 Å². The number of ketones is 1. The number of pyridine rings is 1. The maximum absolute atomic E-state index is 15.4. The average Bonchev–Trinajstić information content (AvgIpc) is 3.99. The second-order valence-corrected chi connectivity index (χ2v) is 13.8. The van der Waals surface area contributed by atoms with Crippen LogP contribution in [0.25, 0.3) is 10.9 Å². The predicted octanol–water partition coefficient (Wildman–Crippen LogP) is 9.13. The van der Waals surface area contributed by atoms with Crippen LogP contribution in [-0.2, 0) is 9.59 Å². The number of fused-ring (bicyclic) bond motifs is 1. The highest BCUT2D eigenvalue weighted by Gasteiger charge is 2.56. The number of Topliss-reactive ketones (excluding diaryl/α,β-unsaturated/α-hetero) is 1. The minimum absolute atomic E-state index is 0.0777. The number of benzene rings is 4. The van der Waals surface area contributed by atoms with Crippen LogP contribution < -0.4 is 24.8 Å². The summed E-state index contributed by atoms with van der Waals surface area (Å²) in [6, 6.07) is 23.9. The molecule has 0 unspecified atom stereocenters. The van der Waals surface area contributed by atoms with Gasteiger partial charge in [0.25, 0.3) is 0 Å². The zero-order chi connectivity index (χ0) is 37.0. The Kier molecular flexibility index (Phi) is 10.3. The van der Waals surface area contributed by atoms with E-state index in [0.29, 0.717) is 71.5 Å². The van der Waals surface area contributed by atoms with Crippen molar-refractivity contribution in [3.8, 4) is 23.0 Å². The second-order valence-electron chi connectivity index (χ2n) is 13.8. The van der Waals surface area contributed by atoms with E-state index in [1.807, 2.05) is 30.3 Å². The Bertz CT molecular complexity index is 2130. The Hall–Kier alpha value is -5.84. The molecule has 7 rings (SSSR count). The van der Waals surface area contributed by atoms with Gasteiger partial charge >= 0.3 is 0 Å². The summed E-state index contributed by atoms with van der Waals surface area (Å²) >= 11 is 0. The number of rotatable bonds is 13. The maximum Gasteiger partial charge on any atom is 0.240 e. The number of ether oxygens (including phenoxy) is 3. The maximum atomic E-state index is 15.4. The summed E-state index contributed by atoms with van der Waals surface area (Å²) in [6.07, 6.45) is 6.69. The number of aromatic nitrogens is 1. The van der Waals surface area contributed by atoms with Crippen molar-refractivity contribution < 1.29 is 37.4 Å². The fourth-order valence-corrected chi connectivity index (χ4v) is 6.80. The molecular formula is C42H39F2N3O6. The monoisotopic (exact) mass is 719 g/mol. The number of halogens is 2. The third kappa shape index (κ3) is 8.14. The van der Waals surface area contributed by atoms with Crippen molar-refractivity contribution in [2.45, 2.75) is 44.9 Å². The zero-order valence-electron chi connectivity index (χ0n) is 29.2. The Balaban J connectivity index is 0.961. The van der Waals surface area contributed by atoms with E-state index in [9.17, 15) is 18.8 Å². The number of hydrogen-bond donors (Lipinski definition) is 2. The first kappa shape index (κ1) is 35.6. The Morgan fingerprint density at radius 1 is 0.755 bits per heavy atom. The number of methoxy groups -OCH3 is 1. The minimum Gasteiger partial charge on any atom is -0.493 e. The van der Waals surface area contributed by atoms with Crippen molar-refractivity contribution in [3.63, 3.8) is 0 Å². The topological polar surface area (TPSA) is 116 Å². The lowest BCUT2D eigenvalue weighted by atomic mass is 9.79. The van der Waals surface area contributed by atoms with Gasteiger partial charge in [-0.15, -0.1) is 0 Å². The summed E-state index contributed by atoms with van der Waals surface area (Å²) in [4.78, 5) is 43.2. The second kappa shape index (κ2) is 15.4. The number of nitrogens with zero attached hydrogens (tertiary/aromatic N) is 1. The summed E-state index contributed by atoms with van der Waals surface area (Å²) in [7, 11) is 1.55. The molecule has 0 radical (unpaired) electrons. The van der Waals surface area contributed by atoms with E-state index in [-0.39, 0.29) is 17.2 Å². The van der Waals surface area contributed by atoms with Crippen molar-refractivity contribution in [1.29, 1.82) is 0 Å². The molecule has 5 aromatic rings. The van der Waals surface area contributed by atoms with Gasteiger partial charge in [-0.1, -0.05) is 30.3 Å². The molecule has 2 fully saturated rings. The number of carbonyl (C=O) groups excluding carboxylic acids is 3. The molecule has 53 heavy (non-hydrogen) atoms. The lowest BCUT2D eigenvalue weighted by Crippen LogP contribution is -2.35. The average molecular weight is 720 g/mol. The molecule has 2 aliphatic rings. The molecule has 2 amide bonds. The van der Waals surface area contributed by atoms with Crippen LogP contribution in [0.5, 0.6) is 23.0 Å². The van der Waals surface area contributed by atoms with Crippen molar-refractivity contribution >= 4 is 39.9 Å². The molecule has 0 spiro atoms. The first-order valence-corrected chi connectivity index (χ1v) is 17.7. The number of amides is 2. The molecule has 9 nitrogen and oxygen atoms in total. The predicted molar refractivity (Wildman–Crippen MR) is 196 cm³/mol. The van der Waals surface area contributed by atoms with Crippen LogP contribution in [0.15, 0.2) is 97.2 Å². The molecular weight excluding hydrogens is 680 g/mol. The fraction of sp³-hybridized carbons (Fsp3) is 0.286. The smallest absolute Gasteiger partial charge is 0.240 e. The summed E-state index contributed by atoms with van der Waals surface area (Å²) < 4.78 is 46.5. The number of hydrogen-bond acceptors (Lipinski definition) is 7. The van der Waals surface area contributed by atoms with Crippen LogP contribution in [0.2, 0.25) is 0 Å². The van der Waals surface area contributed by atoms with E-state index < -0.39 is 28.9 Å². The Morgan fingerprint density at radius 3 is 2.11 bits per heavy atom. The third-order valence-electron chi connectivity index (χ3n) is 10.1. The van der Waals surface area contributed by atoms with Gasteiger partial charge in [-0.2, -0.15) is 0 Å². The molecule has 1 heterocycles. The molecule has 0 saturated heterocycles. The van der Waals surface area contributed by atoms with Gasteiger partial charge in [-0.3, -0.25) is 19.4 Å². The quantitative estimate of drug-likeness (QED) is 0.0921. The zero-order valence-corrected chi connectivity index (χ0v) is 29.2. The highest BCUT2D eigenvalue weighted by atomic mass is 19.1. The normalized spacial score (nSPS) is 17.4. The van der Waals surface area contributed by atoms with Gasteiger partial charge in [0.15, 0.2) is 28.8 Å². The number of carbonyl (C=O) groups is 3. The molecule has 1 aromatic heterocycles. The molecule has 0 aliphatic heterocycles. The van der Waals surface area contributed by atoms with Crippen LogP contribution >= 0.6 is 0 Å². The first-order valence-electron chi connectivity index (χ1n) is 17.7. The molecule has 2 N–H and O–H groups in total. The largest absolute Gasteiger partial charge is 0.493 e. The van der Waals surface area contributed by atoms with Crippen LogP contribution in [-0.4, -0.2) is 36.3 Å². The van der Waals surface area contributed by atoms with Gasteiger partial charge < -0.3 is 24.8 Å². The summed E-state index contributed by atoms with van der Waals surface area (Å²) in [5.41, 5.74) is 0.583. The highest BCUT2D eigenvalue weighted by molar-refractivity contribution is 6.17. The standard InChI is InChI=1S/C42H39F2N3O6/c1-51-38-23-32-34(24-39(38)52-25-27-9-7-26(8-10-27)21-35(48)28-5-3-2-4-6-28)45-20-17-36(32)53-37-16-15-31(22-33(37)44)47-41(50)42(18-19-42)40(49)46-30-13-11-29(43)12-14-30/h2-6,11-17,20,22-24,26-27H,7-10,18-19,21,25H2,1H3,(H,46,49)(H,47,50). The summed E-state index contributed by atoms with van der Waals surface area (Å²) in [5, 5.41) is 5.88. The third-order valence-corrected chi connectivity index (χ3v) is 10.1. The molecule has 2 aliphatic carbocycles. The van der Waals surface area contributed by atoms with E-state index in [2.05, 4.69) is 15.6 Å². The lowest BCUT2D eigenvalue weighted by Gasteiger charge is -2.28. The number of nitrogens with one attached hydrogen (secondary N) is 2. The van der Waals surface area contributed by atoms with Gasteiger partial charge in [0.05, 0.1) is 19.2 Å². The number of anilines is 2. The van der Waals surface area contributed by atoms with E-state index in [4.69, 9.17) is 14.2 Å². The van der Waals surface area contributed by atoms with Crippen LogP contribution in [0.3, 0.4) is 0 Å². The van der Waals surface area contributed by atoms with E-state index in [1.54, 1.807) is 31.5 Å². The fourth-order valence-electron chi connectivity index (χ4n) is 6.80. The molecule has 272 valence electrons. The van der Waals surface area contributed by atoms with Gasteiger partial charge in [-0.05, 0) is 98.9 Å². The molecule has 0 bridgehead atoms. The summed E-state index contributed by atoms with van der Waals surface area (Å²) in [5.74, 6) is -0.0247. The summed E-state index contributed by atoms with van der Waals surface area (Å²) in [6.45, 7) is 0.506. The Morgan fingerprint density at radius 2 is 1.43 bits per heavy atom. The van der Waals surface area contributed by atoms with Crippen LogP contribution in [0.4, 0.5) is 20.2 Å². The van der Waals surface area contributed by atoms with Crippen molar-refractivity contribution in [3.05, 3.63) is 114 Å². The molecule has 4 aromatic carbocycles. The first-order chi connectivity index (χ1) is 25.7. The molecule has 0 atom stereocenters. The van der Waals surface area contributed by atoms with E-state index in [0.717, 1.165) is 37.3 Å². The van der Waals surface area contributed by atoms with Crippen molar-refractivity contribution in [2.75, 3.05) is 24.4 Å². The van der Waals surface area contributed by atoms with Crippen molar-refractivity contribution in [1.82, 2.24) is 4.98 Å². The molecule has 11 heteroatoms. The van der Waals surface area contributed by atoms with Crippen molar-refractivity contribution in [2.24, 2.45) is 17.3 Å². The minimum atomic E-state index is -1.29. The van der Waals surface area contributed by atoms with Gasteiger partial charge in [0, 0.05) is 47.1 Å². The SMILES string of the molecule is COc1cc2c(Oc3ccc(NC(=O)C4(C(=O)Nc5ccc(F)cc5)CC4)cc3F)ccnc2cc1OCC1CCC(CC(=O)c2ccccc2)CC1. The van der Waals surface area contributed by atoms with Gasteiger partial charge in [-0.25, -0.2) is 8.78 Å². The van der Waals surface area contributed by atoms with Crippen LogP contribution in [0, 0.1) is 28.9 Å². The van der Waals surface area contributed by atoms with E-state index >= 15 is 4.39 Å². The highest BCUT2D eigenvalue weighted by Crippen LogP contribution is 2.48. The molecule has 2 saturated carbocycles. The van der Waals surface area contributed by atoms with Gasteiger partial charge in [0.1, 0.15) is 17.0 Å². The Labute approximate surface area is 305 Å². The lowest BCUT2D eigenvalue weighted by molar-refractivity contribution is -0.131. The van der Waals surface area contributed by atoms with Gasteiger partial charge in [0.2, 0.25) is 11.8 Å². The van der Waals surface area contributed by atoms with Crippen LogP contribution in [0.1, 0.15) is 55.3 Å².